The number of rotatable bonds is 13. The van der Waals surface area contributed by atoms with Crippen molar-refractivity contribution in [1.82, 2.24) is 0 Å². The van der Waals surface area contributed by atoms with Gasteiger partial charge in [-0.1, -0.05) is 52.4 Å². The molecule has 0 fully saturated rings. The van der Waals surface area contributed by atoms with Gasteiger partial charge in [-0.25, -0.2) is 0 Å². The van der Waals surface area contributed by atoms with Crippen molar-refractivity contribution in [2.75, 3.05) is 0 Å². The van der Waals surface area contributed by atoms with E-state index in [1.165, 1.54) is 0 Å². The van der Waals surface area contributed by atoms with Gasteiger partial charge < -0.3 is 5.11 Å². The van der Waals surface area contributed by atoms with Crippen molar-refractivity contribution < 1.29 is 31.9 Å². The van der Waals surface area contributed by atoms with Crippen molar-refractivity contribution in [3.05, 3.63) is 0 Å². The molecule has 1 unspecified atom stereocenters. The van der Waals surface area contributed by atoms with Crippen molar-refractivity contribution in [3.8, 4) is 0 Å². The molecule has 0 aromatic carbocycles. The van der Waals surface area contributed by atoms with E-state index >= 15 is 0 Å². The number of carboxylic acid groups (broad SMARTS) is 1. The molecule has 7 heteroatoms. The van der Waals surface area contributed by atoms with Gasteiger partial charge in [0.15, 0.2) is 0 Å². The average molecular weight is 360 g/mol. The normalized spacial score (nSPS) is 15.3. The molecule has 0 aromatic rings. The Hall–Kier alpha value is -0.880. The first-order valence-electron chi connectivity index (χ1n) is 8.70. The Morgan fingerprint density at radius 3 is 1.75 bits per heavy atom. The van der Waals surface area contributed by atoms with Crippen LogP contribution in [0.25, 0.3) is 0 Å². The monoisotopic (exact) mass is 360 g/mol. The second-order valence-corrected chi connectivity index (χ2v) is 6.51. The third-order valence-corrected chi connectivity index (χ3v) is 4.70. The summed E-state index contributed by atoms with van der Waals surface area (Å²) < 4.78 is 62.5. The van der Waals surface area contributed by atoms with Crippen LogP contribution in [0.3, 0.4) is 0 Å². The van der Waals surface area contributed by atoms with Crippen LogP contribution in [0.4, 0.5) is 22.0 Å². The molecule has 0 aliphatic heterocycles. The Labute approximate surface area is 140 Å². The third-order valence-electron chi connectivity index (χ3n) is 4.70. The van der Waals surface area contributed by atoms with Gasteiger partial charge in [0.1, 0.15) is 0 Å². The highest BCUT2D eigenvalue weighted by molar-refractivity contribution is 5.74. The highest BCUT2D eigenvalue weighted by Gasteiger charge is 2.56. The largest absolute Gasteiger partial charge is 0.481 e. The van der Waals surface area contributed by atoms with Crippen molar-refractivity contribution in [2.45, 2.75) is 96.6 Å². The summed E-state index contributed by atoms with van der Waals surface area (Å²) >= 11 is 0. The first-order chi connectivity index (χ1) is 11.0. The lowest BCUT2D eigenvalue weighted by Gasteiger charge is -2.29. The van der Waals surface area contributed by atoms with Crippen molar-refractivity contribution in [2.24, 2.45) is 5.41 Å². The second-order valence-electron chi connectivity index (χ2n) is 6.51. The molecule has 0 radical (unpaired) electrons. The number of unbranched alkanes of at least 4 members (excludes halogenated alkanes) is 5. The molecule has 0 saturated carbocycles. The summed E-state index contributed by atoms with van der Waals surface area (Å²) in [7, 11) is 0. The van der Waals surface area contributed by atoms with Gasteiger partial charge in [0.05, 0.1) is 5.41 Å². The molecule has 1 atom stereocenters. The summed E-state index contributed by atoms with van der Waals surface area (Å²) in [5, 5.41) is 9.44. The Morgan fingerprint density at radius 2 is 1.29 bits per heavy atom. The summed E-state index contributed by atoms with van der Waals surface area (Å²) in [6.45, 7) is 3.73. The van der Waals surface area contributed by atoms with Gasteiger partial charge in [-0.2, -0.15) is 22.0 Å². The van der Waals surface area contributed by atoms with Gasteiger partial charge in [0.2, 0.25) is 0 Å². The molecule has 2 nitrogen and oxygen atoms in total. The summed E-state index contributed by atoms with van der Waals surface area (Å²) in [4.78, 5) is 11.6. The number of carbonyl (C=O) groups is 1. The molecule has 1 N–H and O–H groups in total. The fraction of sp³-hybridized carbons (Fsp3) is 0.941. The molecule has 24 heavy (non-hydrogen) atoms. The smallest absolute Gasteiger partial charge is 0.453 e. The number of halogens is 5. The first-order valence-corrected chi connectivity index (χ1v) is 8.70. The molecule has 0 bridgehead atoms. The van der Waals surface area contributed by atoms with Crippen molar-refractivity contribution in [1.29, 1.82) is 0 Å². The van der Waals surface area contributed by atoms with Gasteiger partial charge in [-0.05, 0) is 25.7 Å². The minimum atomic E-state index is -5.58. The van der Waals surface area contributed by atoms with E-state index in [1.54, 1.807) is 6.92 Å². The van der Waals surface area contributed by atoms with Crippen LogP contribution in [0, 0.1) is 5.41 Å². The number of hydrogen-bond donors (Lipinski definition) is 1. The minimum absolute atomic E-state index is 0.153. The van der Waals surface area contributed by atoms with E-state index in [0.29, 0.717) is 12.8 Å². The number of aliphatic carboxylic acids is 1. The molecule has 0 amide bonds. The average Bonchev–Trinajstić information content (AvgIpc) is 2.47. The highest BCUT2D eigenvalue weighted by atomic mass is 19.4. The van der Waals surface area contributed by atoms with Gasteiger partial charge in [-0.15, -0.1) is 0 Å². The zero-order valence-corrected chi connectivity index (χ0v) is 14.5. The van der Waals surface area contributed by atoms with E-state index in [9.17, 15) is 31.9 Å². The van der Waals surface area contributed by atoms with Crippen molar-refractivity contribution in [3.63, 3.8) is 0 Å². The Kier molecular flexibility index (Phi) is 9.81. The summed E-state index contributed by atoms with van der Waals surface area (Å²) in [5.74, 6) is -5.86. The second kappa shape index (κ2) is 10.2. The maximum Gasteiger partial charge on any atom is 0.453 e. The molecule has 0 aliphatic carbocycles. The summed E-state index contributed by atoms with van der Waals surface area (Å²) in [6, 6.07) is 0. The maximum atomic E-state index is 13.0. The van der Waals surface area contributed by atoms with E-state index in [2.05, 4.69) is 6.92 Å². The van der Waals surface area contributed by atoms with E-state index in [4.69, 9.17) is 0 Å². The summed E-state index contributed by atoms with van der Waals surface area (Å²) in [5.41, 5.74) is -1.20. The van der Waals surface area contributed by atoms with Gasteiger partial charge in [0, 0.05) is 6.42 Å². The first kappa shape index (κ1) is 23.1. The minimum Gasteiger partial charge on any atom is -0.481 e. The molecule has 0 aromatic heterocycles. The molecule has 0 rings (SSSR count). The molecular formula is C17H29F5O2. The van der Waals surface area contributed by atoms with Crippen LogP contribution in [0.5, 0.6) is 0 Å². The predicted molar refractivity (Wildman–Crippen MR) is 83.2 cm³/mol. The fourth-order valence-electron chi connectivity index (χ4n) is 2.88. The molecule has 0 aliphatic rings. The summed E-state index contributed by atoms with van der Waals surface area (Å²) in [6.07, 6.45) is -1.22. The van der Waals surface area contributed by atoms with Crippen LogP contribution in [-0.4, -0.2) is 23.2 Å². The molecular weight excluding hydrogens is 331 g/mol. The predicted octanol–water partition coefficient (Wildman–Crippen LogP) is 6.59. The van der Waals surface area contributed by atoms with E-state index in [1.807, 2.05) is 0 Å². The zero-order valence-electron chi connectivity index (χ0n) is 14.5. The van der Waals surface area contributed by atoms with Crippen LogP contribution in [0.2, 0.25) is 0 Å². The van der Waals surface area contributed by atoms with Crippen molar-refractivity contribution >= 4 is 5.97 Å². The van der Waals surface area contributed by atoms with Crippen LogP contribution < -0.4 is 0 Å². The topological polar surface area (TPSA) is 37.3 Å². The van der Waals surface area contributed by atoms with Gasteiger partial charge in [0.25, 0.3) is 0 Å². The molecule has 144 valence electrons. The Balaban J connectivity index is 4.52. The van der Waals surface area contributed by atoms with Gasteiger partial charge in [-0.3, -0.25) is 4.79 Å². The number of alkyl halides is 5. The zero-order chi connectivity index (χ0) is 18.9. The van der Waals surface area contributed by atoms with E-state index in [-0.39, 0.29) is 12.8 Å². The molecule has 0 heterocycles. The highest BCUT2D eigenvalue weighted by Crippen LogP contribution is 2.42. The van der Waals surface area contributed by atoms with Crippen LogP contribution >= 0.6 is 0 Å². The number of carboxylic acids is 1. The lowest BCUT2D eigenvalue weighted by Crippen LogP contribution is -2.37. The van der Waals surface area contributed by atoms with Crippen LogP contribution in [0.1, 0.15) is 84.5 Å². The lowest BCUT2D eigenvalue weighted by molar-refractivity contribution is -0.284. The third kappa shape index (κ3) is 7.34. The fourth-order valence-corrected chi connectivity index (χ4v) is 2.88. The quantitative estimate of drug-likeness (QED) is 0.297. The maximum absolute atomic E-state index is 13.0. The standard InChI is InChI=1S/C17H29F5O2/c1-3-5-6-7-8-9-11-15(4-2,14(23)24)12-10-13-16(18,19)17(20,21)22/h3-13H2,1-2H3,(H,23,24). The Bertz CT molecular complexity index is 368. The molecule has 0 spiro atoms. The number of hydrogen-bond acceptors (Lipinski definition) is 1. The molecule has 0 saturated heterocycles. The SMILES string of the molecule is CCCCCCCCC(CC)(CCCC(F)(F)C(F)(F)F)C(=O)O. The van der Waals surface area contributed by atoms with E-state index < -0.39 is 36.3 Å². The lowest BCUT2D eigenvalue weighted by atomic mass is 9.75. The van der Waals surface area contributed by atoms with Crippen LogP contribution in [0.15, 0.2) is 0 Å². The van der Waals surface area contributed by atoms with E-state index in [0.717, 1.165) is 32.1 Å². The van der Waals surface area contributed by atoms with Gasteiger partial charge >= 0.3 is 18.1 Å². The Morgan fingerprint density at radius 1 is 0.792 bits per heavy atom. The van der Waals surface area contributed by atoms with Crippen LogP contribution in [-0.2, 0) is 4.79 Å².